The first-order chi connectivity index (χ1) is 10.2. The number of hydrogen-bond acceptors (Lipinski definition) is 5. The number of nitrogens with zero attached hydrogens (tertiary/aromatic N) is 3. The summed E-state index contributed by atoms with van der Waals surface area (Å²) in [6.07, 6.45) is 2.95. The molecule has 0 unspecified atom stereocenters. The van der Waals surface area contributed by atoms with Crippen molar-refractivity contribution in [3.63, 3.8) is 0 Å². The first-order valence-corrected chi connectivity index (χ1v) is 6.19. The van der Waals surface area contributed by atoms with Crippen LogP contribution in [0.5, 0.6) is 0 Å². The lowest BCUT2D eigenvalue weighted by Crippen LogP contribution is -2.37. The number of carbonyl (C=O) groups is 3. The monoisotopic (exact) mass is 282 g/mol. The van der Waals surface area contributed by atoms with Crippen LogP contribution in [-0.2, 0) is 4.79 Å². The molecule has 0 atom stereocenters. The van der Waals surface area contributed by atoms with Gasteiger partial charge in [0.15, 0.2) is 0 Å². The molecule has 104 valence electrons. The van der Waals surface area contributed by atoms with E-state index >= 15 is 0 Å². The predicted octanol–water partition coefficient (Wildman–Crippen LogP) is 0.711. The summed E-state index contributed by atoms with van der Waals surface area (Å²) in [6.45, 7) is -0.370. The Balaban J connectivity index is 1.73. The van der Waals surface area contributed by atoms with Crippen LogP contribution in [-0.4, -0.2) is 39.1 Å². The minimum absolute atomic E-state index is 0.124. The summed E-state index contributed by atoms with van der Waals surface area (Å²) in [6, 6.07) is 8.08. The number of amides is 3. The van der Waals surface area contributed by atoms with Gasteiger partial charge in [0.05, 0.1) is 11.1 Å². The first-order valence-electron chi connectivity index (χ1n) is 6.19. The van der Waals surface area contributed by atoms with Gasteiger partial charge in [-0.1, -0.05) is 12.1 Å². The molecule has 1 aromatic carbocycles. The minimum Gasteiger partial charge on any atom is -0.293 e. The van der Waals surface area contributed by atoms with Gasteiger partial charge in [0.1, 0.15) is 6.54 Å². The van der Waals surface area contributed by atoms with Gasteiger partial charge in [-0.05, 0) is 18.2 Å². The van der Waals surface area contributed by atoms with Crippen molar-refractivity contribution in [1.82, 2.24) is 14.9 Å². The Bertz CT molecular complexity index is 695. The van der Waals surface area contributed by atoms with Crippen LogP contribution in [0, 0.1) is 0 Å². The minimum atomic E-state index is -0.532. The average Bonchev–Trinajstić information content (AvgIpc) is 2.74. The van der Waals surface area contributed by atoms with Gasteiger partial charge in [0.2, 0.25) is 11.9 Å². The van der Waals surface area contributed by atoms with Gasteiger partial charge < -0.3 is 0 Å². The van der Waals surface area contributed by atoms with Crippen LogP contribution in [0.25, 0.3) is 0 Å². The number of imide groups is 1. The Morgan fingerprint density at radius 1 is 1.00 bits per heavy atom. The molecule has 1 aromatic heterocycles. The molecule has 7 heteroatoms. The van der Waals surface area contributed by atoms with E-state index in [2.05, 4.69) is 15.3 Å². The number of carbonyl (C=O) groups excluding carboxylic acids is 3. The van der Waals surface area contributed by atoms with Crippen molar-refractivity contribution >= 4 is 23.7 Å². The number of hydrogen-bond donors (Lipinski definition) is 1. The van der Waals surface area contributed by atoms with Crippen LogP contribution in [0.15, 0.2) is 42.7 Å². The summed E-state index contributed by atoms with van der Waals surface area (Å²) >= 11 is 0. The molecule has 3 amide bonds. The second kappa shape index (κ2) is 5.12. The highest BCUT2D eigenvalue weighted by atomic mass is 16.2. The zero-order valence-electron chi connectivity index (χ0n) is 10.8. The highest BCUT2D eigenvalue weighted by Gasteiger charge is 2.36. The van der Waals surface area contributed by atoms with Gasteiger partial charge in [-0.25, -0.2) is 9.97 Å². The molecule has 1 aliphatic rings. The molecule has 0 fully saturated rings. The maximum absolute atomic E-state index is 12.1. The molecule has 0 saturated heterocycles. The fourth-order valence-corrected chi connectivity index (χ4v) is 2.05. The van der Waals surface area contributed by atoms with E-state index in [1.165, 1.54) is 12.4 Å². The molecule has 1 aliphatic heterocycles. The largest absolute Gasteiger partial charge is 0.293 e. The number of benzene rings is 1. The number of fused-ring (bicyclic) bond motifs is 1. The van der Waals surface area contributed by atoms with E-state index in [0.717, 1.165) is 4.90 Å². The lowest BCUT2D eigenvalue weighted by molar-refractivity contribution is -0.116. The van der Waals surface area contributed by atoms with Crippen molar-refractivity contribution < 1.29 is 14.4 Å². The van der Waals surface area contributed by atoms with E-state index in [1.54, 1.807) is 30.3 Å². The maximum atomic E-state index is 12.1. The van der Waals surface area contributed by atoms with Crippen molar-refractivity contribution in [3.05, 3.63) is 53.9 Å². The highest BCUT2D eigenvalue weighted by molar-refractivity contribution is 6.22. The first kappa shape index (κ1) is 12.9. The fourth-order valence-electron chi connectivity index (χ4n) is 2.05. The summed E-state index contributed by atoms with van der Waals surface area (Å²) in [5.74, 6) is -1.35. The topological polar surface area (TPSA) is 92.3 Å². The lowest BCUT2D eigenvalue weighted by Gasteiger charge is -2.12. The third-order valence-electron chi connectivity index (χ3n) is 3.00. The molecular weight excluding hydrogens is 272 g/mol. The quantitative estimate of drug-likeness (QED) is 0.837. The van der Waals surface area contributed by atoms with Crippen LogP contribution >= 0.6 is 0 Å². The van der Waals surface area contributed by atoms with Gasteiger partial charge in [-0.3, -0.25) is 24.6 Å². The molecule has 2 heterocycles. The van der Waals surface area contributed by atoms with Crippen LogP contribution in [0.1, 0.15) is 20.7 Å². The molecule has 0 saturated carbocycles. The van der Waals surface area contributed by atoms with E-state index in [0.29, 0.717) is 11.1 Å². The van der Waals surface area contributed by atoms with Crippen molar-refractivity contribution in [2.45, 2.75) is 0 Å². The molecule has 0 radical (unpaired) electrons. The van der Waals surface area contributed by atoms with E-state index in [1.807, 2.05) is 0 Å². The fraction of sp³-hybridized carbons (Fsp3) is 0.0714. The number of aromatic nitrogens is 2. The molecule has 21 heavy (non-hydrogen) atoms. The van der Waals surface area contributed by atoms with Crippen molar-refractivity contribution in [2.24, 2.45) is 0 Å². The maximum Gasteiger partial charge on any atom is 0.262 e. The smallest absolute Gasteiger partial charge is 0.262 e. The third kappa shape index (κ3) is 2.36. The van der Waals surface area contributed by atoms with Gasteiger partial charge in [-0.2, -0.15) is 0 Å². The summed E-state index contributed by atoms with van der Waals surface area (Å²) in [7, 11) is 0. The second-order valence-corrected chi connectivity index (χ2v) is 4.36. The van der Waals surface area contributed by atoms with Gasteiger partial charge in [0.25, 0.3) is 11.8 Å². The molecule has 3 rings (SSSR count). The van der Waals surface area contributed by atoms with Crippen LogP contribution in [0.3, 0.4) is 0 Å². The summed E-state index contributed by atoms with van der Waals surface area (Å²) in [4.78, 5) is 44.6. The normalized spacial score (nSPS) is 13.2. The third-order valence-corrected chi connectivity index (χ3v) is 3.00. The molecule has 1 N–H and O–H groups in total. The van der Waals surface area contributed by atoms with Crippen molar-refractivity contribution in [2.75, 3.05) is 11.9 Å². The molecule has 0 aliphatic carbocycles. The molecule has 0 bridgehead atoms. The Kier molecular flexibility index (Phi) is 3.15. The highest BCUT2D eigenvalue weighted by Crippen LogP contribution is 2.21. The molecule has 7 nitrogen and oxygen atoms in total. The van der Waals surface area contributed by atoms with Gasteiger partial charge in [-0.15, -0.1) is 0 Å². The number of anilines is 1. The van der Waals surface area contributed by atoms with E-state index < -0.39 is 17.7 Å². The Hall–Kier alpha value is -3.09. The van der Waals surface area contributed by atoms with Crippen LogP contribution in [0.2, 0.25) is 0 Å². The van der Waals surface area contributed by atoms with E-state index in [-0.39, 0.29) is 12.5 Å². The van der Waals surface area contributed by atoms with Crippen LogP contribution in [0.4, 0.5) is 5.95 Å². The Morgan fingerprint density at radius 3 is 2.14 bits per heavy atom. The van der Waals surface area contributed by atoms with Crippen molar-refractivity contribution in [3.8, 4) is 0 Å². The number of rotatable bonds is 3. The zero-order chi connectivity index (χ0) is 14.8. The van der Waals surface area contributed by atoms with E-state index in [4.69, 9.17) is 0 Å². The number of nitrogens with one attached hydrogen (secondary N) is 1. The molecular formula is C14H10N4O3. The SMILES string of the molecule is O=C(CN1C(=O)c2ccccc2C1=O)Nc1ncccn1. The predicted molar refractivity (Wildman–Crippen MR) is 72.5 cm³/mol. The summed E-state index contributed by atoms with van der Waals surface area (Å²) in [5.41, 5.74) is 0.623. The molecule has 2 aromatic rings. The summed E-state index contributed by atoms with van der Waals surface area (Å²) in [5, 5.41) is 2.43. The second-order valence-electron chi connectivity index (χ2n) is 4.36. The average molecular weight is 282 g/mol. The van der Waals surface area contributed by atoms with Gasteiger partial charge >= 0.3 is 0 Å². The lowest BCUT2D eigenvalue weighted by atomic mass is 10.1. The van der Waals surface area contributed by atoms with Crippen LogP contribution < -0.4 is 5.32 Å². The standard InChI is InChI=1S/C14H10N4O3/c19-11(17-14-15-6-3-7-16-14)8-18-12(20)9-4-1-2-5-10(9)13(18)21/h1-7H,8H2,(H,15,16,17,19). The Labute approximate surface area is 119 Å². The summed E-state index contributed by atoms with van der Waals surface area (Å²) < 4.78 is 0. The Morgan fingerprint density at radius 2 is 1.57 bits per heavy atom. The zero-order valence-corrected chi connectivity index (χ0v) is 10.8. The molecule has 0 spiro atoms. The van der Waals surface area contributed by atoms with E-state index in [9.17, 15) is 14.4 Å². The van der Waals surface area contributed by atoms with Crippen molar-refractivity contribution in [1.29, 1.82) is 0 Å². The van der Waals surface area contributed by atoms with Gasteiger partial charge in [0, 0.05) is 12.4 Å².